The normalized spacial score (nSPS) is 29.6. The van der Waals surface area contributed by atoms with Gasteiger partial charge in [0.25, 0.3) is 0 Å². The van der Waals surface area contributed by atoms with Gasteiger partial charge < -0.3 is 5.32 Å². The zero-order chi connectivity index (χ0) is 10.0. The van der Waals surface area contributed by atoms with Crippen molar-refractivity contribution in [1.82, 2.24) is 5.32 Å². The highest BCUT2D eigenvalue weighted by molar-refractivity contribution is 4.97. The van der Waals surface area contributed by atoms with Gasteiger partial charge in [-0.3, -0.25) is 0 Å². The van der Waals surface area contributed by atoms with Crippen LogP contribution in [0.5, 0.6) is 0 Å². The Morgan fingerprint density at radius 1 is 1.07 bits per heavy atom. The van der Waals surface area contributed by atoms with Crippen LogP contribution in [0, 0.1) is 5.41 Å². The second-order valence-corrected chi connectivity index (χ2v) is 5.73. The topological polar surface area (TPSA) is 12.0 Å². The predicted octanol–water partition coefficient (Wildman–Crippen LogP) is 3.49. The number of hydrogen-bond acceptors (Lipinski definition) is 1. The molecule has 0 heterocycles. The number of rotatable bonds is 3. The fourth-order valence-electron chi connectivity index (χ4n) is 2.63. The van der Waals surface area contributed by atoms with E-state index in [4.69, 9.17) is 0 Å². The van der Waals surface area contributed by atoms with Gasteiger partial charge in [0, 0.05) is 12.1 Å². The summed E-state index contributed by atoms with van der Waals surface area (Å²) < 4.78 is 0. The van der Waals surface area contributed by atoms with E-state index < -0.39 is 0 Å². The molecule has 0 aromatic rings. The molecule has 0 amide bonds. The standard InChI is InChI=1S/C13H25N/c1-11(13(2)9-10-13)14-12-7-5-3-4-6-8-12/h11-12,14H,3-10H2,1-2H3. The molecule has 2 fully saturated rings. The average molecular weight is 195 g/mol. The van der Waals surface area contributed by atoms with Crippen molar-refractivity contribution < 1.29 is 0 Å². The van der Waals surface area contributed by atoms with Gasteiger partial charge in [0.05, 0.1) is 0 Å². The molecular formula is C13H25N. The van der Waals surface area contributed by atoms with E-state index in [0.717, 1.165) is 12.1 Å². The first-order valence-corrected chi connectivity index (χ1v) is 6.47. The van der Waals surface area contributed by atoms with Crippen molar-refractivity contribution >= 4 is 0 Å². The minimum absolute atomic E-state index is 0.645. The van der Waals surface area contributed by atoms with Crippen molar-refractivity contribution in [2.24, 2.45) is 5.41 Å². The van der Waals surface area contributed by atoms with Crippen LogP contribution in [0.2, 0.25) is 0 Å². The molecule has 82 valence electrons. The fourth-order valence-corrected chi connectivity index (χ4v) is 2.63. The van der Waals surface area contributed by atoms with Crippen LogP contribution < -0.4 is 5.32 Å². The molecule has 0 aromatic heterocycles. The van der Waals surface area contributed by atoms with Gasteiger partial charge in [-0.15, -0.1) is 0 Å². The highest BCUT2D eigenvalue weighted by atomic mass is 15.0. The van der Waals surface area contributed by atoms with E-state index in [9.17, 15) is 0 Å². The van der Waals surface area contributed by atoms with Gasteiger partial charge in [0.1, 0.15) is 0 Å². The molecule has 1 atom stereocenters. The molecular weight excluding hydrogens is 170 g/mol. The Bertz CT molecular complexity index is 176. The van der Waals surface area contributed by atoms with E-state index in [2.05, 4.69) is 19.2 Å². The summed E-state index contributed by atoms with van der Waals surface area (Å²) in [5.74, 6) is 0. The highest BCUT2D eigenvalue weighted by Gasteiger charge is 2.42. The third-order valence-electron chi connectivity index (χ3n) is 4.42. The summed E-state index contributed by atoms with van der Waals surface area (Å²) in [7, 11) is 0. The summed E-state index contributed by atoms with van der Waals surface area (Å²) in [6.07, 6.45) is 11.5. The highest BCUT2D eigenvalue weighted by Crippen LogP contribution is 2.48. The predicted molar refractivity (Wildman–Crippen MR) is 61.4 cm³/mol. The molecule has 0 spiro atoms. The van der Waals surface area contributed by atoms with E-state index in [1.807, 2.05) is 0 Å². The molecule has 2 rings (SSSR count). The molecule has 2 aliphatic carbocycles. The number of hydrogen-bond donors (Lipinski definition) is 1. The summed E-state index contributed by atoms with van der Waals surface area (Å²) in [5.41, 5.74) is 0.645. The molecule has 1 unspecified atom stereocenters. The summed E-state index contributed by atoms with van der Waals surface area (Å²) in [6, 6.07) is 1.57. The van der Waals surface area contributed by atoms with E-state index in [-0.39, 0.29) is 0 Å². The van der Waals surface area contributed by atoms with Crippen LogP contribution in [0.4, 0.5) is 0 Å². The molecule has 0 aliphatic heterocycles. The monoisotopic (exact) mass is 195 g/mol. The quantitative estimate of drug-likeness (QED) is 0.680. The third-order valence-corrected chi connectivity index (χ3v) is 4.42. The van der Waals surface area contributed by atoms with E-state index in [0.29, 0.717) is 5.41 Å². The molecule has 2 saturated carbocycles. The first kappa shape index (κ1) is 10.5. The van der Waals surface area contributed by atoms with E-state index >= 15 is 0 Å². The second kappa shape index (κ2) is 4.22. The Balaban J connectivity index is 1.77. The Morgan fingerprint density at radius 3 is 2.14 bits per heavy atom. The Morgan fingerprint density at radius 2 is 1.64 bits per heavy atom. The third kappa shape index (κ3) is 2.50. The van der Waals surface area contributed by atoms with Crippen LogP contribution >= 0.6 is 0 Å². The smallest absolute Gasteiger partial charge is 0.00951 e. The van der Waals surface area contributed by atoms with Gasteiger partial charge in [-0.1, -0.05) is 32.6 Å². The lowest BCUT2D eigenvalue weighted by Gasteiger charge is -2.26. The zero-order valence-electron chi connectivity index (χ0n) is 9.81. The molecule has 0 saturated heterocycles. The van der Waals surface area contributed by atoms with Crippen molar-refractivity contribution in [1.29, 1.82) is 0 Å². The molecule has 0 bridgehead atoms. The van der Waals surface area contributed by atoms with Gasteiger partial charge >= 0.3 is 0 Å². The van der Waals surface area contributed by atoms with Crippen molar-refractivity contribution in [3.05, 3.63) is 0 Å². The van der Waals surface area contributed by atoms with Crippen LogP contribution in [0.3, 0.4) is 0 Å². The minimum Gasteiger partial charge on any atom is -0.311 e. The first-order chi connectivity index (χ1) is 6.71. The van der Waals surface area contributed by atoms with Gasteiger partial charge in [-0.2, -0.15) is 0 Å². The summed E-state index contributed by atoms with van der Waals surface area (Å²) >= 11 is 0. The van der Waals surface area contributed by atoms with Crippen LogP contribution in [-0.2, 0) is 0 Å². The van der Waals surface area contributed by atoms with E-state index in [1.165, 1.54) is 51.4 Å². The molecule has 14 heavy (non-hydrogen) atoms. The van der Waals surface area contributed by atoms with Gasteiger partial charge in [-0.05, 0) is 38.0 Å². The molecule has 1 N–H and O–H groups in total. The van der Waals surface area contributed by atoms with Crippen molar-refractivity contribution in [2.45, 2.75) is 77.3 Å². The average Bonchev–Trinajstić information content (AvgIpc) is 2.92. The molecule has 0 radical (unpaired) electrons. The largest absolute Gasteiger partial charge is 0.311 e. The van der Waals surface area contributed by atoms with Crippen molar-refractivity contribution in [3.8, 4) is 0 Å². The summed E-state index contributed by atoms with van der Waals surface area (Å²) in [6.45, 7) is 4.82. The first-order valence-electron chi connectivity index (χ1n) is 6.47. The van der Waals surface area contributed by atoms with Gasteiger partial charge in [0.2, 0.25) is 0 Å². The van der Waals surface area contributed by atoms with Gasteiger partial charge in [0.15, 0.2) is 0 Å². The zero-order valence-corrected chi connectivity index (χ0v) is 9.81. The molecule has 1 nitrogen and oxygen atoms in total. The fraction of sp³-hybridized carbons (Fsp3) is 1.00. The maximum atomic E-state index is 3.86. The van der Waals surface area contributed by atoms with Crippen LogP contribution in [-0.4, -0.2) is 12.1 Å². The van der Waals surface area contributed by atoms with E-state index in [1.54, 1.807) is 0 Å². The molecule has 2 aliphatic rings. The lowest BCUT2D eigenvalue weighted by molar-refractivity contribution is 0.320. The summed E-state index contributed by atoms with van der Waals surface area (Å²) in [4.78, 5) is 0. The molecule has 0 aromatic carbocycles. The Kier molecular flexibility index (Phi) is 3.16. The van der Waals surface area contributed by atoms with Crippen LogP contribution in [0.1, 0.15) is 65.2 Å². The maximum Gasteiger partial charge on any atom is 0.00951 e. The second-order valence-electron chi connectivity index (χ2n) is 5.73. The summed E-state index contributed by atoms with van der Waals surface area (Å²) in [5, 5.41) is 3.86. The van der Waals surface area contributed by atoms with Gasteiger partial charge in [-0.25, -0.2) is 0 Å². The lowest BCUT2D eigenvalue weighted by Crippen LogP contribution is -2.40. The Hall–Kier alpha value is -0.0400. The lowest BCUT2D eigenvalue weighted by atomic mass is 9.98. The Labute approximate surface area is 88.7 Å². The minimum atomic E-state index is 0.645. The van der Waals surface area contributed by atoms with Crippen LogP contribution in [0.15, 0.2) is 0 Å². The SMILES string of the molecule is CC(NC1CCCCCC1)C1(C)CC1. The van der Waals surface area contributed by atoms with Crippen molar-refractivity contribution in [3.63, 3.8) is 0 Å². The van der Waals surface area contributed by atoms with Crippen LogP contribution in [0.25, 0.3) is 0 Å². The maximum absolute atomic E-state index is 3.86. The number of nitrogens with one attached hydrogen (secondary N) is 1. The molecule has 1 heteroatoms. The van der Waals surface area contributed by atoms with Crippen molar-refractivity contribution in [2.75, 3.05) is 0 Å².